The van der Waals surface area contributed by atoms with Crippen LogP contribution in [0.25, 0.3) is 11.1 Å². The van der Waals surface area contributed by atoms with Crippen molar-refractivity contribution in [3.8, 4) is 11.1 Å². The molecule has 1 saturated heterocycles. The normalized spacial score (nSPS) is 28.3. The Morgan fingerprint density at radius 3 is 2.34 bits per heavy atom. The second-order valence-electron chi connectivity index (χ2n) is 7.74. The van der Waals surface area contributed by atoms with Gasteiger partial charge in [-0.2, -0.15) is 0 Å². The molecule has 7 nitrogen and oxygen atoms in total. The molecule has 7 heteroatoms. The first-order valence-electron chi connectivity index (χ1n) is 9.86. The third kappa shape index (κ3) is 4.15. The fourth-order valence-electron chi connectivity index (χ4n) is 4.09. The maximum Gasteiger partial charge on any atom is 0.250 e. The molecule has 0 unspecified atom stereocenters. The number of hydrogen-bond acceptors (Lipinski definition) is 6. The van der Waals surface area contributed by atoms with Crippen LogP contribution in [-0.2, 0) is 11.8 Å². The molecule has 2 heterocycles. The smallest absolute Gasteiger partial charge is 0.250 e. The molecule has 158 valence electrons. The maximum absolute atomic E-state index is 11.9. The van der Waals surface area contributed by atoms with Gasteiger partial charge in [-0.05, 0) is 41.7 Å². The number of benzene rings is 1. The number of ether oxygens (including phenoxy) is 1. The van der Waals surface area contributed by atoms with E-state index in [2.05, 4.69) is 0 Å². The largest absolute Gasteiger partial charge is 0.394 e. The lowest BCUT2D eigenvalue weighted by atomic mass is 9.80. The molecule has 1 aromatic heterocycles. The highest BCUT2D eigenvalue weighted by atomic mass is 16.5. The summed E-state index contributed by atoms with van der Waals surface area (Å²) in [5.41, 5.74) is 3.56. The van der Waals surface area contributed by atoms with E-state index in [-0.39, 0.29) is 11.5 Å². The van der Waals surface area contributed by atoms with Gasteiger partial charge in [0, 0.05) is 25.2 Å². The summed E-state index contributed by atoms with van der Waals surface area (Å²) in [5.74, 6) is -0.237. The molecule has 6 atom stereocenters. The first-order chi connectivity index (χ1) is 13.8. The summed E-state index contributed by atoms with van der Waals surface area (Å²) in [6.45, 7) is 3.46. The summed E-state index contributed by atoms with van der Waals surface area (Å²) in [6.07, 6.45) is -3.35. The average molecular weight is 403 g/mol. The predicted octanol–water partition coefficient (Wildman–Crippen LogP) is 0.697. The van der Waals surface area contributed by atoms with Crippen LogP contribution in [0, 0.1) is 6.92 Å². The summed E-state index contributed by atoms with van der Waals surface area (Å²) >= 11 is 0. The molecular formula is C22H29NO6. The van der Waals surface area contributed by atoms with Crippen molar-refractivity contribution in [1.29, 1.82) is 0 Å². The molecule has 0 saturated carbocycles. The van der Waals surface area contributed by atoms with Gasteiger partial charge >= 0.3 is 0 Å². The van der Waals surface area contributed by atoms with Crippen molar-refractivity contribution in [2.75, 3.05) is 6.61 Å². The Bertz CT molecular complexity index is 908. The third-order valence-electron chi connectivity index (χ3n) is 5.87. The summed E-state index contributed by atoms with van der Waals surface area (Å²) in [5, 5.41) is 40.2. The highest BCUT2D eigenvalue weighted by Gasteiger charge is 2.46. The molecule has 2 aromatic rings. The van der Waals surface area contributed by atoms with E-state index < -0.39 is 37.1 Å². The Hall–Kier alpha value is -2.03. The van der Waals surface area contributed by atoms with Gasteiger partial charge in [0.15, 0.2) is 0 Å². The highest BCUT2D eigenvalue weighted by molar-refractivity contribution is 5.64. The lowest BCUT2D eigenvalue weighted by molar-refractivity contribution is -0.234. The van der Waals surface area contributed by atoms with E-state index in [4.69, 9.17) is 4.74 Å². The zero-order valence-electron chi connectivity index (χ0n) is 16.9. The molecule has 3 rings (SSSR count). The summed E-state index contributed by atoms with van der Waals surface area (Å²) in [4.78, 5) is 11.9. The van der Waals surface area contributed by atoms with Crippen LogP contribution in [0.3, 0.4) is 0 Å². The number of pyridine rings is 1. The van der Waals surface area contributed by atoms with Crippen LogP contribution in [0.4, 0.5) is 0 Å². The minimum Gasteiger partial charge on any atom is -0.394 e. The number of nitrogens with zero attached hydrogens (tertiary/aromatic N) is 1. The van der Waals surface area contributed by atoms with E-state index in [1.807, 2.05) is 38.1 Å². The van der Waals surface area contributed by atoms with Crippen LogP contribution in [0.1, 0.15) is 30.4 Å². The molecule has 4 N–H and O–H groups in total. The number of aromatic nitrogens is 1. The van der Waals surface area contributed by atoms with E-state index in [9.17, 15) is 25.2 Å². The van der Waals surface area contributed by atoms with Gasteiger partial charge < -0.3 is 29.7 Å². The number of hydrogen-bond donors (Lipinski definition) is 4. The SMILES string of the molecule is CC[C@H](c1ccc(-c2ccn(C)c(=O)c2)cc1C)[C@H]1O[C@H](CO)[C@@H](O)[C@H](O)[C@@H]1O. The maximum atomic E-state index is 11.9. The van der Waals surface area contributed by atoms with Crippen LogP contribution in [0.15, 0.2) is 41.3 Å². The summed E-state index contributed by atoms with van der Waals surface area (Å²) < 4.78 is 7.29. The molecular weight excluding hydrogens is 374 g/mol. The molecule has 29 heavy (non-hydrogen) atoms. The average Bonchev–Trinajstić information content (AvgIpc) is 2.71. The van der Waals surface area contributed by atoms with Gasteiger partial charge in [0.2, 0.25) is 0 Å². The van der Waals surface area contributed by atoms with Crippen molar-refractivity contribution in [1.82, 2.24) is 4.57 Å². The fraction of sp³-hybridized carbons (Fsp3) is 0.500. The zero-order valence-corrected chi connectivity index (χ0v) is 16.9. The molecule has 0 amide bonds. The van der Waals surface area contributed by atoms with Crippen molar-refractivity contribution in [3.05, 3.63) is 58.0 Å². The van der Waals surface area contributed by atoms with E-state index >= 15 is 0 Å². The topological polar surface area (TPSA) is 112 Å². The lowest BCUT2D eigenvalue weighted by Crippen LogP contribution is -2.59. The number of aliphatic hydroxyl groups excluding tert-OH is 4. The molecule has 1 fully saturated rings. The van der Waals surface area contributed by atoms with Crippen molar-refractivity contribution < 1.29 is 25.2 Å². The Labute approximate surface area is 169 Å². The first kappa shape index (κ1) is 21.7. The van der Waals surface area contributed by atoms with Gasteiger partial charge in [0.25, 0.3) is 5.56 Å². The van der Waals surface area contributed by atoms with Gasteiger partial charge in [-0.15, -0.1) is 0 Å². The van der Waals surface area contributed by atoms with Crippen LogP contribution < -0.4 is 5.56 Å². The van der Waals surface area contributed by atoms with E-state index in [1.165, 1.54) is 4.57 Å². The Morgan fingerprint density at radius 1 is 1.07 bits per heavy atom. The lowest BCUT2D eigenvalue weighted by Gasteiger charge is -2.43. The zero-order chi connectivity index (χ0) is 21.3. The molecule has 1 aliphatic heterocycles. The second kappa shape index (κ2) is 8.77. The van der Waals surface area contributed by atoms with Crippen LogP contribution >= 0.6 is 0 Å². The van der Waals surface area contributed by atoms with Gasteiger partial charge in [-0.3, -0.25) is 4.79 Å². The Kier molecular flexibility index (Phi) is 6.55. The van der Waals surface area contributed by atoms with Crippen LogP contribution in [0.2, 0.25) is 0 Å². The first-order valence-corrected chi connectivity index (χ1v) is 9.86. The molecule has 1 aliphatic rings. The van der Waals surface area contributed by atoms with Gasteiger partial charge in [-0.1, -0.05) is 25.1 Å². The standard InChI is InChI=1S/C22H29NO6/c1-4-15(22-21(28)20(27)19(26)17(11-24)29-22)16-6-5-13(9-12(16)2)14-7-8-23(3)18(25)10-14/h5-10,15,17,19-22,24,26-28H,4,11H2,1-3H3/t15-,17-,19-,20+,21+,22-/m1/s1. The summed E-state index contributed by atoms with van der Waals surface area (Å²) in [7, 11) is 1.70. The molecule has 0 radical (unpaired) electrons. The molecule has 0 spiro atoms. The van der Waals surface area contributed by atoms with Crippen molar-refractivity contribution >= 4 is 0 Å². The van der Waals surface area contributed by atoms with E-state index in [0.29, 0.717) is 6.42 Å². The van der Waals surface area contributed by atoms with Gasteiger partial charge in [0.05, 0.1) is 12.7 Å². The minimum absolute atomic E-state index is 0.0861. The molecule has 1 aromatic carbocycles. The summed E-state index contributed by atoms with van der Waals surface area (Å²) in [6, 6.07) is 9.31. The number of aryl methyl sites for hydroxylation is 2. The Balaban J connectivity index is 1.93. The second-order valence-corrected chi connectivity index (χ2v) is 7.74. The third-order valence-corrected chi connectivity index (χ3v) is 5.87. The Morgan fingerprint density at radius 2 is 1.76 bits per heavy atom. The van der Waals surface area contributed by atoms with Gasteiger partial charge in [-0.25, -0.2) is 0 Å². The van der Waals surface area contributed by atoms with Gasteiger partial charge in [0.1, 0.15) is 24.4 Å². The van der Waals surface area contributed by atoms with E-state index in [1.54, 1.807) is 19.3 Å². The number of aliphatic hydroxyl groups is 4. The minimum atomic E-state index is -1.39. The monoisotopic (exact) mass is 403 g/mol. The van der Waals surface area contributed by atoms with Crippen molar-refractivity contribution in [2.24, 2.45) is 7.05 Å². The number of rotatable bonds is 5. The molecule has 0 aliphatic carbocycles. The van der Waals surface area contributed by atoms with Crippen molar-refractivity contribution in [3.63, 3.8) is 0 Å². The quantitative estimate of drug-likeness (QED) is 0.585. The van der Waals surface area contributed by atoms with E-state index in [0.717, 1.165) is 22.3 Å². The predicted molar refractivity (Wildman–Crippen MR) is 109 cm³/mol. The van der Waals surface area contributed by atoms with Crippen LogP contribution in [0.5, 0.6) is 0 Å². The molecule has 0 bridgehead atoms. The van der Waals surface area contributed by atoms with Crippen molar-refractivity contribution in [2.45, 2.75) is 56.7 Å². The van der Waals surface area contributed by atoms with Crippen LogP contribution in [-0.4, -0.2) is 62.1 Å². The highest BCUT2D eigenvalue weighted by Crippen LogP contribution is 2.36. The fourth-order valence-corrected chi connectivity index (χ4v) is 4.09.